The van der Waals surface area contributed by atoms with Crippen LogP contribution in [0.4, 0.5) is 0 Å². The van der Waals surface area contributed by atoms with Gasteiger partial charge in [-0.05, 0) is 25.2 Å². The molecular weight excluding hydrogens is 192 g/mol. The second kappa shape index (κ2) is 3.08. The molecular formula is C12H16O3. The second-order valence-electron chi connectivity index (χ2n) is 4.96. The number of fused-ring (bicyclic) bond motifs is 3. The molecule has 0 saturated heterocycles. The Hall–Kier alpha value is -0.830. The monoisotopic (exact) mass is 208 g/mol. The van der Waals surface area contributed by atoms with Gasteiger partial charge in [0.05, 0.1) is 0 Å². The van der Waals surface area contributed by atoms with Crippen LogP contribution in [-0.2, 0) is 9.53 Å². The summed E-state index contributed by atoms with van der Waals surface area (Å²) in [6, 6.07) is 0. The third-order valence-electron chi connectivity index (χ3n) is 3.82. The van der Waals surface area contributed by atoms with E-state index in [0.29, 0.717) is 19.3 Å². The molecule has 2 atom stereocenters. The van der Waals surface area contributed by atoms with Gasteiger partial charge in [-0.25, -0.2) is 0 Å². The molecule has 3 nitrogen and oxygen atoms in total. The van der Waals surface area contributed by atoms with E-state index in [1.54, 1.807) is 0 Å². The summed E-state index contributed by atoms with van der Waals surface area (Å²) in [6.45, 7) is 0. The van der Waals surface area contributed by atoms with Gasteiger partial charge in [0, 0.05) is 31.3 Å². The lowest BCUT2D eigenvalue weighted by molar-refractivity contribution is -0.216. The molecule has 0 aromatic heterocycles. The number of Topliss-reactive ketones (excluding diaryl/α,β-unsaturated/α-hetero) is 1. The van der Waals surface area contributed by atoms with Crippen LogP contribution in [0.5, 0.6) is 0 Å². The first-order valence-corrected chi connectivity index (χ1v) is 5.86. The van der Waals surface area contributed by atoms with E-state index in [-0.39, 0.29) is 11.7 Å². The Morgan fingerprint density at radius 1 is 1.33 bits per heavy atom. The van der Waals surface area contributed by atoms with Crippen molar-refractivity contribution in [3.8, 4) is 0 Å². The first-order valence-electron chi connectivity index (χ1n) is 5.86. The molecule has 1 saturated carbocycles. The topological polar surface area (TPSA) is 46.5 Å². The maximum absolute atomic E-state index is 11.8. The minimum atomic E-state index is -0.959. The molecule has 2 aliphatic carbocycles. The first-order chi connectivity index (χ1) is 7.18. The number of carbonyl (C=O) groups excluding carboxylic acids is 1. The Labute approximate surface area is 89.1 Å². The highest BCUT2D eigenvalue weighted by molar-refractivity contribution is 5.97. The van der Waals surface area contributed by atoms with Crippen molar-refractivity contribution in [1.82, 2.24) is 0 Å². The Morgan fingerprint density at radius 2 is 2.20 bits per heavy atom. The Balaban J connectivity index is 2.02. The zero-order chi connectivity index (χ0) is 10.5. The van der Waals surface area contributed by atoms with E-state index < -0.39 is 5.79 Å². The van der Waals surface area contributed by atoms with Crippen molar-refractivity contribution in [2.75, 3.05) is 0 Å². The van der Waals surface area contributed by atoms with Crippen molar-refractivity contribution in [1.29, 1.82) is 0 Å². The Bertz CT molecular complexity index is 345. The molecule has 1 heterocycles. The highest BCUT2D eigenvalue weighted by Gasteiger charge is 2.45. The van der Waals surface area contributed by atoms with Gasteiger partial charge in [-0.2, -0.15) is 0 Å². The SMILES string of the molecule is O=C1CCCC2=C1[C@@H]1CCC[C@](O)(C1)O2. The van der Waals surface area contributed by atoms with Crippen molar-refractivity contribution < 1.29 is 14.6 Å². The summed E-state index contributed by atoms with van der Waals surface area (Å²) in [5.74, 6) is 0.356. The molecule has 3 aliphatic rings. The van der Waals surface area contributed by atoms with Crippen LogP contribution >= 0.6 is 0 Å². The number of hydrogen-bond acceptors (Lipinski definition) is 3. The Kier molecular flexibility index (Phi) is 1.93. The zero-order valence-electron chi connectivity index (χ0n) is 8.79. The lowest BCUT2D eigenvalue weighted by atomic mass is 9.74. The van der Waals surface area contributed by atoms with Gasteiger partial charge in [-0.1, -0.05) is 0 Å². The van der Waals surface area contributed by atoms with Crippen LogP contribution in [0.1, 0.15) is 44.9 Å². The van der Waals surface area contributed by atoms with E-state index in [4.69, 9.17) is 4.74 Å². The quantitative estimate of drug-likeness (QED) is 0.661. The summed E-state index contributed by atoms with van der Waals surface area (Å²) >= 11 is 0. The molecule has 82 valence electrons. The maximum atomic E-state index is 11.8. The summed E-state index contributed by atoms with van der Waals surface area (Å²) < 4.78 is 5.63. The number of hydrogen-bond donors (Lipinski definition) is 1. The normalized spacial score (nSPS) is 39.8. The fraction of sp³-hybridized carbons (Fsp3) is 0.750. The molecule has 2 bridgehead atoms. The summed E-state index contributed by atoms with van der Waals surface area (Å²) in [7, 11) is 0. The molecule has 15 heavy (non-hydrogen) atoms. The molecule has 0 unspecified atom stereocenters. The first kappa shape index (κ1) is 9.40. The number of ether oxygens (including phenoxy) is 1. The highest BCUT2D eigenvalue weighted by atomic mass is 16.6. The molecule has 1 fully saturated rings. The summed E-state index contributed by atoms with van der Waals surface area (Å²) in [5.41, 5.74) is 0.908. The van der Waals surface area contributed by atoms with Crippen molar-refractivity contribution in [2.45, 2.75) is 50.7 Å². The van der Waals surface area contributed by atoms with E-state index in [1.165, 1.54) is 0 Å². The fourth-order valence-corrected chi connectivity index (χ4v) is 3.18. The van der Waals surface area contributed by atoms with E-state index in [1.807, 2.05) is 0 Å². The van der Waals surface area contributed by atoms with Crippen LogP contribution in [0.3, 0.4) is 0 Å². The molecule has 0 amide bonds. The van der Waals surface area contributed by atoms with Gasteiger partial charge in [0.25, 0.3) is 0 Å². The van der Waals surface area contributed by atoms with Crippen LogP contribution in [0.25, 0.3) is 0 Å². The van der Waals surface area contributed by atoms with Crippen LogP contribution in [-0.4, -0.2) is 16.7 Å². The molecule has 3 heteroatoms. The summed E-state index contributed by atoms with van der Waals surface area (Å²) in [4.78, 5) is 11.8. The number of ketones is 1. The average molecular weight is 208 g/mol. The predicted molar refractivity (Wildman–Crippen MR) is 53.9 cm³/mol. The van der Waals surface area contributed by atoms with E-state index in [2.05, 4.69) is 0 Å². The van der Waals surface area contributed by atoms with Crippen molar-refractivity contribution >= 4 is 5.78 Å². The van der Waals surface area contributed by atoms with Crippen LogP contribution in [0, 0.1) is 5.92 Å². The minimum Gasteiger partial charge on any atom is -0.466 e. The standard InChI is InChI=1S/C12H16O3/c13-9-4-1-5-10-11(9)8-3-2-6-12(14,7-8)15-10/h8,14H,1-7H2/t8-,12-/m1/s1. The molecule has 1 N–H and O–H groups in total. The van der Waals surface area contributed by atoms with Gasteiger partial charge >= 0.3 is 0 Å². The molecule has 0 aromatic rings. The van der Waals surface area contributed by atoms with Crippen LogP contribution in [0.2, 0.25) is 0 Å². The third-order valence-corrected chi connectivity index (χ3v) is 3.82. The number of allylic oxidation sites excluding steroid dienone is 2. The van der Waals surface area contributed by atoms with Gasteiger partial charge in [0.15, 0.2) is 5.78 Å². The van der Waals surface area contributed by atoms with Crippen molar-refractivity contribution in [3.63, 3.8) is 0 Å². The largest absolute Gasteiger partial charge is 0.466 e. The van der Waals surface area contributed by atoms with Crippen LogP contribution in [0.15, 0.2) is 11.3 Å². The Morgan fingerprint density at radius 3 is 3.07 bits per heavy atom. The average Bonchev–Trinajstić information content (AvgIpc) is 2.16. The lowest BCUT2D eigenvalue weighted by Gasteiger charge is -2.44. The van der Waals surface area contributed by atoms with Gasteiger partial charge < -0.3 is 9.84 Å². The third kappa shape index (κ3) is 1.41. The number of carbonyl (C=O) groups is 1. The smallest absolute Gasteiger partial charge is 0.208 e. The van der Waals surface area contributed by atoms with E-state index >= 15 is 0 Å². The van der Waals surface area contributed by atoms with E-state index in [9.17, 15) is 9.90 Å². The highest BCUT2D eigenvalue weighted by Crippen LogP contribution is 2.46. The van der Waals surface area contributed by atoms with Gasteiger partial charge in [0.2, 0.25) is 5.79 Å². The molecule has 0 aromatic carbocycles. The summed E-state index contributed by atoms with van der Waals surface area (Å²) in [6.07, 6.45) is 5.71. The van der Waals surface area contributed by atoms with Gasteiger partial charge in [0.1, 0.15) is 5.76 Å². The molecule has 0 radical (unpaired) electrons. The minimum absolute atomic E-state index is 0.255. The molecule has 0 spiro atoms. The van der Waals surface area contributed by atoms with Gasteiger partial charge in [-0.3, -0.25) is 4.79 Å². The second-order valence-corrected chi connectivity index (χ2v) is 4.96. The zero-order valence-corrected chi connectivity index (χ0v) is 8.79. The molecule has 3 rings (SSSR count). The lowest BCUT2D eigenvalue weighted by Crippen LogP contribution is -2.44. The van der Waals surface area contributed by atoms with E-state index in [0.717, 1.165) is 37.0 Å². The number of aliphatic hydroxyl groups is 1. The maximum Gasteiger partial charge on any atom is 0.208 e. The van der Waals surface area contributed by atoms with Crippen molar-refractivity contribution in [2.24, 2.45) is 5.92 Å². The number of rotatable bonds is 0. The predicted octanol–water partition coefficient (Wildman–Crippen LogP) is 1.90. The van der Waals surface area contributed by atoms with Gasteiger partial charge in [-0.15, -0.1) is 0 Å². The molecule has 1 aliphatic heterocycles. The summed E-state index contributed by atoms with van der Waals surface area (Å²) in [5, 5.41) is 10.2. The van der Waals surface area contributed by atoms with Crippen molar-refractivity contribution in [3.05, 3.63) is 11.3 Å². The van der Waals surface area contributed by atoms with Crippen LogP contribution < -0.4 is 0 Å². The fourth-order valence-electron chi connectivity index (χ4n) is 3.18.